The summed E-state index contributed by atoms with van der Waals surface area (Å²) in [6, 6.07) is 5.04. The molecule has 1 atom stereocenters. The van der Waals surface area contributed by atoms with Crippen LogP contribution in [0.25, 0.3) is 0 Å². The normalized spacial score (nSPS) is 13.5. The quantitative estimate of drug-likeness (QED) is 0.664. The van der Waals surface area contributed by atoms with Crippen LogP contribution in [0.3, 0.4) is 0 Å². The first-order valence-electron chi connectivity index (χ1n) is 5.92. The Morgan fingerprint density at radius 3 is 2.68 bits per heavy atom. The van der Waals surface area contributed by atoms with Gasteiger partial charge in [0.15, 0.2) is 0 Å². The standard InChI is InChI=1S/C12H17Br2NO2S2/c1-3-18-7-6-9(2)15-19(16,17)12-8-10(13)4-5-11(12)14/h4-5,8-9,15H,3,6-7H2,1-2H3. The maximum atomic E-state index is 12.3. The lowest BCUT2D eigenvalue weighted by atomic mass is 10.3. The van der Waals surface area contributed by atoms with Crippen molar-refractivity contribution < 1.29 is 8.42 Å². The molecule has 1 aromatic rings. The molecule has 1 rings (SSSR count). The van der Waals surface area contributed by atoms with Crippen molar-refractivity contribution in [2.75, 3.05) is 11.5 Å². The second-order valence-electron chi connectivity index (χ2n) is 4.08. The number of rotatable bonds is 7. The molecule has 0 amide bonds. The van der Waals surface area contributed by atoms with Crippen LogP contribution in [0.4, 0.5) is 0 Å². The van der Waals surface area contributed by atoms with Gasteiger partial charge in [0.25, 0.3) is 0 Å². The van der Waals surface area contributed by atoms with Gasteiger partial charge in [0.2, 0.25) is 10.0 Å². The average Bonchev–Trinajstić information content (AvgIpc) is 2.32. The summed E-state index contributed by atoms with van der Waals surface area (Å²) in [5.41, 5.74) is 0. The fourth-order valence-corrected chi connectivity index (χ4v) is 5.06. The Labute approximate surface area is 136 Å². The van der Waals surface area contributed by atoms with Crippen LogP contribution in [0.15, 0.2) is 32.0 Å². The summed E-state index contributed by atoms with van der Waals surface area (Å²) in [6.45, 7) is 3.98. The molecule has 3 nitrogen and oxygen atoms in total. The molecule has 1 unspecified atom stereocenters. The monoisotopic (exact) mass is 429 g/mol. The van der Waals surface area contributed by atoms with Crippen molar-refractivity contribution in [3.8, 4) is 0 Å². The van der Waals surface area contributed by atoms with Crippen LogP contribution in [0.5, 0.6) is 0 Å². The Bertz CT molecular complexity index is 520. The van der Waals surface area contributed by atoms with E-state index in [-0.39, 0.29) is 10.9 Å². The van der Waals surface area contributed by atoms with Crippen LogP contribution in [0.1, 0.15) is 20.3 Å². The van der Waals surface area contributed by atoms with E-state index in [4.69, 9.17) is 0 Å². The Morgan fingerprint density at radius 1 is 1.37 bits per heavy atom. The van der Waals surface area contributed by atoms with Gasteiger partial charge in [0, 0.05) is 15.0 Å². The number of halogens is 2. The summed E-state index contributed by atoms with van der Waals surface area (Å²) in [6.07, 6.45) is 0.823. The molecule has 108 valence electrons. The zero-order chi connectivity index (χ0) is 14.5. The molecule has 1 N–H and O–H groups in total. The lowest BCUT2D eigenvalue weighted by Crippen LogP contribution is -2.33. The SMILES string of the molecule is CCSCCC(C)NS(=O)(=O)c1cc(Br)ccc1Br. The van der Waals surface area contributed by atoms with E-state index < -0.39 is 10.0 Å². The van der Waals surface area contributed by atoms with E-state index in [0.717, 1.165) is 22.4 Å². The van der Waals surface area contributed by atoms with Gasteiger partial charge in [-0.3, -0.25) is 0 Å². The minimum Gasteiger partial charge on any atom is -0.208 e. The van der Waals surface area contributed by atoms with Crippen LogP contribution < -0.4 is 4.72 Å². The van der Waals surface area contributed by atoms with Gasteiger partial charge in [-0.2, -0.15) is 11.8 Å². The highest BCUT2D eigenvalue weighted by Crippen LogP contribution is 2.25. The van der Waals surface area contributed by atoms with Gasteiger partial charge in [-0.05, 0) is 59.0 Å². The van der Waals surface area contributed by atoms with E-state index in [1.807, 2.05) is 18.7 Å². The maximum absolute atomic E-state index is 12.3. The van der Waals surface area contributed by atoms with Gasteiger partial charge in [0.05, 0.1) is 4.90 Å². The van der Waals surface area contributed by atoms with Crippen molar-refractivity contribution in [2.45, 2.75) is 31.2 Å². The Morgan fingerprint density at radius 2 is 2.05 bits per heavy atom. The number of benzene rings is 1. The molecule has 0 aliphatic heterocycles. The van der Waals surface area contributed by atoms with Crippen molar-refractivity contribution in [3.63, 3.8) is 0 Å². The first kappa shape index (κ1) is 17.5. The summed E-state index contributed by atoms with van der Waals surface area (Å²) >= 11 is 8.38. The molecule has 0 bridgehead atoms. The number of thioether (sulfide) groups is 1. The average molecular weight is 431 g/mol. The third-order valence-electron chi connectivity index (χ3n) is 2.44. The second kappa shape index (κ2) is 8.02. The summed E-state index contributed by atoms with van der Waals surface area (Å²) in [7, 11) is -3.49. The number of hydrogen-bond donors (Lipinski definition) is 1. The van der Waals surface area contributed by atoms with Crippen molar-refractivity contribution in [2.24, 2.45) is 0 Å². The summed E-state index contributed by atoms with van der Waals surface area (Å²) < 4.78 is 28.6. The largest absolute Gasteiger partial charge is 0.241 e. The molecule has 0 aliphatic carbocycles. The smallest absolute Gasteiger partial charge is 0.208 e. The first-order valence-corrected chi connectivity index (χ1v) is 10.1. The van der Waals surface area contributed by atoms with E-state index >= 15 is 0 Å². The summed E-state index contributed by atoms with van der Waals surface area (Å²) in [5.74, 6) is 2.01. The van der Waals surface area contributed by atoms with Crippen molar-refractivity contribution in [1.29, 1.82) is 0 Å². The zero-order valence-corrected chi connectivity index (χ0v) is 15.6. The molecule has 0 spiro atoms. The first-order chi connectivity index (χ1) is 8.86. The topological polar surface area (TPSA) is 46.2 Å². The molecule has 1 aromatic carbocycles. The van der Waals surface area contributed by atoms with Crippen LogP contribution >= 0.6 is 43.6 Å². The highest BCUT2D eigenvalue weighted by molar-refractivity contribution is 9.11. The van der Waals surface area contributed by atoms with E-state index in [2.05, 4.69) is 43.5 Å². The predicted molar refractivity (Wildman–Crippen MR) is 89.2 cm³/mol. The van der Waals surface area contributed by atoms with Crippen LogP contribution in [-0.2, 0) is 10.0 Å². The molecule has 19 heavy (non-hydrogen) atoms. The third kappa shape index (κ3) is 5.75. The predicted octanol–water partition coefficient (Wildman–Crippen LogP) is 4.02. The van der Waals surface area contributed by atoms with Gasteiger partial charge in [-0.15, -0.1) is 0 Å². The third-order valence-corrected chi connectivity index (χ3v) is 6.45. The van der Waals surface area contributed by atoms with E-state index in [1.165, 1.54) is 0 Å². The summed E-state index contributed by atoms with van der Waals surface area (Å²) in [4.78, 5) is 0.261. The molecule has 0 saturated heterocycles. The van der Waals surface area contributed by atoms with E-state index in [0.29, 0.717) is 4.47 Å². The fourth-order valence-electron chi connectivity index (χ4n) is 1.47. The van der Waals surface area contributed by atoms with Crippen LogP contribution in [0.2, 0.25) is 0 Å². The van der Waals surface area contributed by atoms with Gasteiger partial charge in [0.1, 0.15) is 0 Å². The van der Waals surface area contributed by atoms with Gasteiger partial charge in [-0.1, -0.05) is 22.9 Å². The molecule has 7 heteroatoms. The molecule has 0 heterocycles. The minimum atomic E-state index is -3.49. The molecular weight excluding hydrogens is 414 g/mol. The highest BCUT2D eigenvalue weighted by Gasteiger charge is 2.20. The Kier molecular flexibility index (Phi) is 7.39. The Hall–Kier alpha value is 0.440. The van der Waals surface area contributed by atoms with Crippen molar-refractivity contribution in [3.05, 3.63) is 27.1 Å². The minimum absolute atomic E-state index is 0.0741. The Balaban J connectivity index is 2.78. The summed E-state index contributed by atoms with van der Waals surface area (Å²) in [5, 5.41) is 0. The fraction of sp³-hybridized carbons (Fsp3) is 0.500. The maximum Gasteiger partial charge on any atom is 0.241 e. The van der Waals surface area contributed by atoms with E-state index in [9.17, 15) is 8.42 Å². The highest BCUT2D eigenvalue weighted by atomic mass is 79.9. The lowest BCUT2D eigenvalue weighted by molar-refractivity contribution is 0.556. The van der Waals surface area contributed by atoms with Gasteiger partial charge < -0.3 is 0 Å². The van der Waals surface area contributed by atoms with Gasteiger partial charge >= 0.3 is 0 Å². The molecule has 0 radical (unpaired) electrons. The lowest BCUT2D eigenvalue weighted by Gasteiger charge is -2.15. The molecule has 0 aromatic heterocycles. The zero-order valence-electron chi connectivity index (χ0n) is 10.8. The van der Waals surface area contributed by atoms with Crippen molar-refractivity contribution in [1.82, 2.24) is 4.72 Å². The molecule has 0 fully saturated rings. The van der Waals surface area contributed by atoms with Crippen LogP contribution in [-0.4, -0.2) is 26.0 Å². The van der Waals surface area contributed by atoms with E-state index in [1.54, 1.807) is 18.2 Å². The van der Waals surface area contributed by atoms with Gasteiger partial charge in [-0.25, -0.2) is 13.1 Å². The van der Waals surface area contributed by atoms with Crippen LogP contribution in [0, 0.1) is 0 Å². The number of sulfonamides is 1. The molecular formula is C12H17Br2NO2S2. The van der Waals surface area contributed by atoms with Crippen molar-refractivity contribution >= 4 is 53.6 Å². The molecule has 0 saturated carbocycles. The number of nitrogens with one attached hydrogen (secondary N) is 1. The molecule has 0 aliphatic rings. The second-order valence-corrected chi connectivity index (χ2v) is 8.93. The number of hydrogen-bond acceptors (Lipinski definition) is 3.